The maximum Gasteiger partial charge on any atom is 0.469 e. The Balaban J connectivity index is 1.81. The van der Waals surface area contributed by atoms with Gasteiger partial charge in [0.15, 0.2) is 0 Å². The molecule has 0 aromatic heterocycles. The molecule has 0 fully saturated rings. The molecular formula is C25H39O6P. The molecule has 1 unspecified atom stereocenters. The molecule has 0 aliphatic rings. The predicted molar refractivity (Wildman–Crippen MR) is 129 cm³/mol. The lowest BCUT2D eigenvalue weighted by Crippen LogP contribution is -2.24. The number of hydrogen-bond acceptors (Lipinski definition) is 4. The first-order chi connectivity index (χ1) is 15.5. The third-order valence-corrected chi connectivity index (χ3v) is 5.98. The van der Waals surface area contributed by atoms with Crippen molar-refractivity contribution in [3.05, 3.63) is 42.5 Å². The summed E-state index contributed by atoms with van der Waals surface area (Å²) in [5, 5.41) is 2.19. The highest BCUT2D eigenvalue weighted by atomic mass is 31.2. The summed E-state index contributed by atoms with van der Waals surface area (Å²) in [4.78, 5) is 17.6. The topological polar surface area (TPSA) is 85.2 Å². The fraction of sp³-hybridized carbons (Fsp3) is 0.600. The van der Waals surface area contributed by atoms with Gasteiger partial charge in [0, 0.05) is 5.39 Å². The minimum Gasteiger partial charge on any atom is -0.487 e. The second-order valence-electron chi connectivity index (χ2n) is 8.23. The Labute approximate surface area is 192 Å². The summed E-state index contributed by atoms with van der Waals surface area (Å²) in [7, 11) is -4.46. The number of fused-ring (bicyclic) bond motifs is 1. The van der Waals surface area contributed by atoms with Gasteiger partial charge in [0.2, 0.25) is 0 Å². The fourth-order valence-corrected chi connectivity index (χ4v) is 4.08. The van der Waals surface area contributed by atoms with Crippen LogP contribution in [0.4, 0.5) is 0 Å². The summed E-state index contributed by atoms with van der Waals surface area (Å²) in [6.07, 6.45) is 12.1. The number of hydrogen-bond donors (Lipinski definition) is 2. The Morgan fingerprint density at radius 2 is 1.50 bits per heavy atom. The van der Waals surface area contributed by atoms with Gasteiger partial charge < -0.3 is 19.3 Å². The van der Waals surface area contributed by atoms with Crippen LogP contribution in [0.2, 0.25) is 0 Å². The molecule has 180 valence electrons. The molecule has 0 aliphatic carbocycles. The van der Waals surface area contributed by atoms with E-state index in [1.54, 1.807) is 0 Å². The van der Waals surface area contributed by atoms with Gasteiger partial charge in [0.25, 0.3) is 0 Å². The van der Waals surface area contributed by atoms with E-state index in [4.69, 9.17) is 19.3 Å². The second kappa shape index (κ2) is 15.4. The van der Waals surface area contributed by atoms with Crippen molar-refractivity contribution in [2.24, 2.45) is 0 Å². The highest BCUT2D eigenvalue weighted by Crippen LogP contribution is 2.35. The van der Waals surface area contributed by atoms with Gasteiger partial charge in [-0.3, -0.25) is 4.52 Å². The molecule has 0 saturated heterocycles. The van der Waals surface area contributed by atoms with Crippen LogP contribution >= 0.6 is 7.82 Å². The molecule has 0 radical (unpaired) electrons. The van der Waals surface area contributed by atoms with E-state index in [1.807, 2.05) is 24.3 Å². The van der Waals surface area contributed by atoms with E-state index in [2.05, 4.69) is 29.6 Å². The van der Waals surface area contributed by atoms with Crippen molar-refractivity contribution in [3.8, 4) is 5.75 Å². The Bertz CT molecular complexity index is 801. The Morgan fingerprint density at radius 1 is 0.844 bits per heavy atom. The average molecular weight is 467 g/mol. The van der Waals surface area contributed by atoms with Crippen LogP contribution < -0.4 is 4.74 Å². The number of rotatable bonds is 18. The highest BCUT2D eigenvalue weighted by Gasteiger charge is 2.15. The normalized spacial score (nSPS) is 12.8. The van der Waals surface area contributed by atoms with Crippen molar-refractivity contribution in [1.29, 1.82) is 0 Å². The van der Waals surface area contributed by atoms with E-state index in [-0.39, 0.29) is 19.3 Å². The lowest BCUT2D eigenvalue weighted by Gasteiger charge is -2.20. The zero-order chi connectivity index (χ0) is 23.1. The monoisotopic (exact) mass is 466 g/mol. The van der Waals surface area contributed by atoms with Crippen LogP contribution in [0.5, 0.6) is 5.75 Å². The van der Waals surface area contributed by atoms with E-state index < -0.39 is 7.82 Å². The van der Waals surface area contributed by atoms with E-state index in [1.165, 1.54) is 51.4 Å². The molecule has 0 saturated carbocycles. The first kappa shape index (κ1) is 26.8. The van der Waals surface area contributed by atoms with Gasteiger partial charge in [-0.1, -0.05) is 94.7 Å². The first-order valence-electron chi connectivity index (χ1n) is 11.9. The van der Waals surface area contributed by atoms with Crippen LogP contribution in [-0.4, -0.2) is 35.7 Å². The zero-order valence-corrected chi connectivity index (χ0v) is 20.2. The molecule has 7 heteroatoms. The minimum atomic E-state index is -4.46. The molecule has 0 spiro atoms. The van der Waals surface area contributed by atoms with Crippen molar-refractivity contribution in [1.82, 2.24) is 0 Å². The number of unbranched alkanes of at least 4 members (excludes halogenated alkanes) is 8. The van der Waals surface area contributed by atoms with Gasteiger partial charge in [-0.15, -0.1) is 0 Å². The van der Waals surface area contributed by atoms with E-state index in [0.717, 1.165) is 29.4 Å². The fourth-order valence-electron chi connectivity index (χ4n) is 3.77. The highest BCUT2D eigenvalue weighted by molar-refractivity contribution is 7.46. The quantitative estimate of drug-likeness (QED) is 0.189. The smallest absolute Gasteiger partial charge is 0.469 e. The third-order valence-electron chi connectivity index (χ3n) is 5.46. The van der Waals surface area contributed by atoms with Gasteiger partial charge >= 0.3 is 7.82 Å². The van der Waals surface area contributed by atoms with E-state index >= 15 is 0 Å². The van der Waals surface area contributed by atoms with Crippen LogP contribution in [-0.2, 0) is 13.8 Å². The SMILES string of the molecule is CCCCCCCCCCCC(COCCOP(=O)(O)O)Oc1cccc2ccccc12. The predicted octanol–water partition coefficient (Wildman–Crippen LogP) is 6.63. The van der Waals surface area contributed by atoms with Gasteiger partial charge in [-0.05, 0) is 24.3 Å². The molecule has 2 aromatic carbocycles. The summed E-state index contributed by atoms with van der Waals surface area (Å²) in [5.74, 6) is 0.832. The van der Waals surface area contributed by atoms with Crippen LogP contribution in [0.3, 0.4) is 0 Å². The van der Waals surface area contributed by atoms with Crippen molar-refractivity contribution in [2.45, 2.75) is 77.2 Å². The third kappa shape index (κ3) is 11.4. The van der Waals surface area contributed by atoms with Crippen LogP contribution in [0, 0.1) is 0 Å². The van der Waals surface area contributed by atoms with Gasteiger partial charge in [-0.2, -0.15) is 0 Å². The summed E-state index contributed by atoms with van der Waals surface area (Å²) < 4.78 is 27.2. The largest absolute Gasteiger partial charge is 0.487 e. The molecule has 0 aliphatic heterocycles. The van der Waals surface area contributed by atoms with Crippen LogP contribution in [0.1, 0.15) is 71.1 Å². The van der Waals surface area contributed by atoms with Crippen molar-refractivity contribution in [3.63, 3.8) is 0 Å². The second-order valence-corrected chi connectivity index (χ2v) is 9.47. The molecule has 32 heavy (non-hydrogen) atoms. The summed E-state index contributed by atoms with van der Waals surface area (Å²) in [6, 6.07) is 14.2. The van der Waals surface area contributed by atoms with Crippen molar-refractivity contribution < 1.29 is 28.3 Å². The Hall–Kier alpha value is -1.43. The molecule has 1 atom stereocenters. The Kier molecular flexibility index (Phi) is 12.9. The van der Waals surface area contributed by atoms with Crippen LogP contribution in [0.25, 0.3) is 10.8 Å². The maximum absolute atomic E-state index is 10.8. The molecule has 2 rings (SSSR count). The molecular weight excluding hydrogens is 427 g/mol. The molecule has 0 amide bonds. The van der Waals surface area contributed by atoms with E-state index in [0.29, 0.717) is 6.61 Å². The molecule has 0 heterocycles. The minimum absolute atomic E-state index is 0.109. The number of ether oxygens (including phenoxy) is 2. The number of phosphoric acid groups is 1. The lowest BCUT2D eigenvalue weighted by molar-refractivity contribution is 0.0277. The van der Waals surface area contributed by atoms with Gasteiger partial charge in [-0.25, -0.2) is 4.57 Å². The molecule has 0 bridgehead atoms. The van der Waals surface area contributed by atoms with Crippen molar-refractivity contribution >= 4 is 18.6 Å². The maximum atomic E-state index is 10.8. The van der Waals surface area contributed by atoms with Crippen LogP contribution in [0.15, 0.2) is 42.5 Å². The molecule has 2 N–H and O–H groups in total. The zero-order valence-electron chi connectivity index (χ0n) is 19.3. The van der Waals surface area contributed by atoms with E-state index in [9.17, 15) is 4.57 Å². The van der Waals surface area contributed by atoms with Crippen molar-refractivity contribution in [2.75, 3.05) is 19.8 Å². The standard InChI is InChI=1S/C25H39O6P/c1-2-3-4-5-6-7-8-9-10-16-23(21-29-19-20-30-32(26,27)28)31-25-18-13-15-22-14-11-12-17-24(22)25/h11-15,17-18,23H,2-10,16,19-21H2,1H3,(H2,26,27,28). The Morgan fingerprint density at radius 3 is 2.22 bits per heavy atom. The molecule has 6 nitrogen and oxygen atoms in total. The molecule has 2 aromatic rings. The first-order valence-corrected chi connectivity index (χ1v) is 13.4. The number of benzene rings is 2. The summed E-state index contributed by atoms with van der Waals surface area (Å²) in [5.41, 5.74) is 0. The average Bonchev–Trinajstić information content (AvgIpc) is 2.77. The van der Waals surface area contributed by atoms with Gasteiger partial charge in [0.1, 0.15) is 11.9 Å². The lowest BCUT2D eigenvalue weighted by atomic mass is 10.0. The summed E-state index contributed by atoms with van der Waals surface area (Å²) >= 11 is 0. The summed E-state index contributed by atoms with van der Waals surface area (Å²) in [6.45, 7) is 2.55. The number of phosphoric ester groups is 1. The van der Waals surface area contributed by atoms with Gasteiger partial charge in [0.05, 0.1) is 19.8 Å².